The molecule has 1 N–H and O–H groups in total. The molecule has 2 nitrogen and oxygen atoms in total. The summed E-state index contributed by atoms with van der Waals surface area (Å²) in [7, 11) is 0. The van der Waals surface area contributed by atoms with Gasteiger partial charge in [-0.15, -0.1) is 0 Å². The SMILES string of the molecule is [Cu][N]1CCNCC1. The van der Waals surface area contributed by atoms with Crippen LogP contribution in [0.1, 0.15) is 0 Å². The van der Waals surface area contributed by atoms with Gasteiger partial charge in [-0.05, 0) is 0 Å². The van der Waals surface area contributed by atoms with E-state index in [2.05, 4.69) is 5.32 Å². The Morgan fingerprint density at radius 1 is 1.29 bits per heavy atom. The van der Waals surface area contributed by atoms with Crippen LogP contribution in [0.4, 0.5) is 0 Å². The van der Waals surface area contributed by atoms with Gasteiger partial charge in [0.25, 0.3) is 0 Å². The second-order valence-electron chi connectivity index (χ2n) is 1.61. The third-order valence-electron chi connectivity index (χ3n) is 1.03. The molecule has 0 saturated carbocycles. The third-order valence-corrected chi connectivity index (χ3v) is 1.45. The number of nitrogens with one attached hydrogen (secondary N) is 1. The van der Waals surface area contributed by atoms with Crippen molar-refractivity contribution < 1.29 is 16.2 Å². The number of hydrogen-bond acceptors (Lipinski definition) is 2. The van der Waals surface area contributed by atoms with Crippen LogP contribution in [0.25, 0.3) is 0 Å². The molecule has 1 aliphatic heterocycles. The van der Waals surface area contributed by atoms with Gasteiger partial charge in [0.2, 0.25) is 0 Å². The zero-order valence-electron chi connectivity index (χ0n) is 4.08. The Morgan fingerprint density at radius 2 is 1.86 bits per heavy atom. The first-order valence-electron chi connectivity index (χ1n) is 2.47. The van der Waals surface area contributed by atoms with Gasteiger partial charge in [-0.25, -0.2) is 0 Å². The molecule has 1 saturated heterocycles. The first kappa shape index (κ1) is 5.57. The molecule has 1 heterocycles. The van der Waals surface area contributed by atoms with Gasteiger partial charge in [0.15, 0.2) is 0 Å². The summed E-state index contributed by atoms with van der Waals surface area (Å²) in [6.45, 7) is 4.14. The van der Waals surface area contributed by atoms with E-state index in [1.54, 1.807) is 0 Å². The predicted molar refractivity (Wildman–Crippen MR) is 24.4 cm³/mol. The molecule has 0 unspecified atom stereocenters. The van der Waals surface area contributed by atoms with Gasteiger partial charge in [-0.2, -0.15) is 0 Å². The Morgan fingerprint density at radius 3 is 2.14 bits per heavy atom. The Balaban J connectivity index is 2.12. The standard InChI is InChI=1S/C4H9N2.Cu/c1-2-6-4-3-5-1;/h5H,1-4H2;/q-1;+1. The van der Waals surface area contributed by atoms with Crippen LogP contribution in [0, 0.1) is 0 Å². The molecule has 1 fully saturated rings. The Kier molecular flexibility index (Phi) is 2.13. The van der Waals surface area contributed by atoms with E-state index in [4.69, 9.17) is 16.2 Å². The summed E-state index contributed by atoms with van der Waals surface area (Å²) in [5.74, 6) is 0. The molecule has 0 amide bonds. The first-order valence-corrected chi connectivity index (χ1v) is 2.90. The fourth-order valence-electron chi connectivity index (χ4n) is 0.620. The molecular formula is C4H9CuN2. The molecule has 0 aromatic carbocycles. The number of nitrogens with zero attached hydrogens (tertiary/aromatic N) is 1. The van der Waals surface area contributed by atoms with Crippen LogP contribution in [0.15, 0.2) is 0 Å². The van der Waals surface area contributed by atoms with Crippen molar-refractivity contribution in [1.29, 1.82) is 0 Å². The first-order chi connectivity index (χ1) is 3.39. The quantitative estimate of drug-likeness (QED) is 0.460. The normalized spacial score (nSPS) is 25.4. The zero-order valence-corrected chi connectivity index (χ0v) is 5.02. The Hall–Kier alpha value is 0.439. The van der Waals surface area contributed by atoms with E-state index in [0.29, 0.717) is 0 Å². The van der Waals surface area contributed by atoms with Crippen molar-refractivity contribution >= 4 is 0 Å². The molecule has 46 valence electrons. The van der Waals surface area contributed by atoms with Crippen molar-refractivity contribution in [3.63, 3.8) is 0 Å². The summed E-state index contributed by atoms with van der Waals surface area (Å²) in [4.78, 5) is 0. The molecule has 1 aliphatic rings. The van der Waals surface area contributed by atoms with E-state index in [1.807, 2.05) is 3.92 Å². The fraction of sp³-hybridized carbons (Fsp3) is 1.00. The van der Waals surface area contributed by atoms with Crippen molar-refractivity contribution in [3.05, 3.63) is 0 Å². The van der Waals surface area contributed by atoms with Gasteiger partial charge >= 0.3 is 51.6 Å². The van der Waals surface area contributed by atoms with Gasteiger partial charge in [0.1, 0.15) is 0 Å². The maximum absolute atomic E-state index is 5.02. The summed E-state index contributed by atoms with van der Waals surface area (Å²) in [6, 6.07) is 0. The van der Waals surface area contributed by atoms with Crippen LogP contribution in [-0.4, -0.2) is 30.1 Å². The maximum atomic E-state index is 5.02. The van der Waals surface area contributed by atoms with Crippen molar-refractivity contribution in [2.24, 2.45) is 0 Å². The van der Waals surface area contributed by atoms with E-state index >= 15 is 0 Å². The van der Waals surface area contributed by atoms with Crippen molar-refractivity contribution in [2.75, 3.05) is 26.2 Å². The Labute approximate surface area is 52.3 Å². The summed E-state index contributed by atoms with van der Waals surface area (Å²) in [6.07, 6.45) is 0. The Bertz CT molecular complexity index is 51.7. The van der Waals surface area contributed by atoms with Gasteiger partial charge in [0, 0.05) is 0 Å². The van der Waals surface area contributed by atoms with E-state index in [1.165, 1.54) is 0 Å². The second-order valence-corrected chi connectivity index (χ2v) is 2.21. The molecule has 7 heavy (non-hydrogen) atoms. The minimum atomic E-state index is 1.01. The molecule has 0 radical (unpaired) electrons. The summed E-state index contributed by atoms with van der Waals surface area (Å²) in [5.41, 5.74) is 0. The van der Waals surface area contributed by atoms with Gasteiger partial charge in [0.05, 0.1) is 0 Å². The summed E-state index contributed by atoms with van der Waals surface area (Å²) >= 11 is 5.02. The van der Waals surface area contributed by atoms with Crippen LogP contribution in [-0.2, 0) is 16.2 Å². The predicted octanol–water partition coefficient (Wildman–Crippen LogP) is -0.647. The van der Waals surface area contributed by atoms with Crippen LogP contribution >= 0.6 is 0 Å². The molecular weight excluding hydrogens is 140 g/mol. The third kappa shape index (κ3) is 1.78. The number of hydrogen-bond donors (Lipinski definition) is 1. The van der Waals surface area contributed by atoms with Gasteiger partial charge < -0.3 is 0 Å². The second kappa shape index (κ2) is 2.68. The topological polar surface area (TPSA) is 15.3 Å². The van der Waals surface area contributed by atoms with Crippen molar-refractivity contribution in [2.45, 2.75) is 0 Å². The number of piperazine rings is 1. The summed E-state index contributed by atoms with van der Waals surface area (Å²) in [5, 5.41) is 3.20. The minimum absolute atomic E-state index is 1.01. The van der Waals surface area contributed by atoms with Crippen LogP contribution in [0.3, 0.4) is 0 Å². The zero-order chi connectivity index (χ0) is 5.11. The molecule has 0 bridgehead atoms. The molecule has 0 aromatic rings. The van der Waals surface area contributed by atoms with E-state index in [9.17, 15) is 0 Å². The molecule has 3 heteroatoms. The van der Waals surface area contributed by atoms with E-state index < -0.39 is 0 Å². The molecule has 0 aromatic heterocycles. The fourth-order valence-corrected chi connectivity index (χ4v) is 0.831. The van der Waals surface area contributed by atoms with E-state index in [-0.39, 0.29) is 0 Å². The molecule has 0 atom stereocenters. The monoisotopic (exact) mass is 148 g/mol. The van der Waals surface area contributed by atoms with Crippen LogP contribution < -0.4 is 5.32 Å². The van der Waals surface area contributed by atoms with Crippen LogP contribution in [0.2, 0.25) is 0 Å². The van der Waals surface area contributed by atoms with Crippen LogP contribution in [0.5, 0.6) is 0 Å². The van der Waals surface area contributed by atoms with E-state index in [0.717, 1.165) is 26.2 Å². The van der Waals surface area contributed by atoms with Gasteiger partial charge in [-0.3, -0.25) is 0 Å². The average Bonchev–Trinajstić information content (AvgIpc) is 1.69. The summed E-state index contributed by atoms with van der Waals surface area (Å²) < 4.78 is 1.89. The van der Waals surface area contributed by atoms with Crippen molar-refractivity contribution in [3.8, 4) is 0 Å². The molecule has 1 rings (SSSR count). The average molecular weight is 149 g/mol. The molecule has 0 aliphatic carbocycles. The molecule has 0 spiro atoms. The number of rotatable bonds is 0. The van der Waals surface area contributed by atoms with Gasteiger partial charge in [-0.1, -0.05) is 0 Å². The van der Waals surface area contributed by atoms with Crippen molar-refractivity contribution in [1.82, 2.24) is 9.23 Å².